The van der Waals surface area contributed by atoms with Crippen LogP contribution in [0, 0.1) is 13.8 Å². The lowest BCUT2D eigenvalue weighted by Gasteiger charge is -2.12. The van der Waals surface area contributed by atoms with Gasteiger partial charge in [0.05, 0.1) is 16.1 Å². The molecule has 0 radical (unpaired) electrons. The number of sulfonamides is 1. The predicted molar refractivity (Wildman–Crippen MR) is 80.1 cm³/mol. The van der Waals surface area contributed by atoms with Crippen molar-refractivity contribution in [2.75, 3.05) is 4.72 Å². The highest BCUT2D eigenvalue weighted by molar-refractivity contribution is 7.92. The zero-order valence-electron chi connectivity index (χ0n) is 11.6. The Labute approximate surface area is 123 Å². The van der Waals surface area contributed by atoms with E-state index in [4.69, 9.17) is 0 Å². The molecule has 2 N–H and O–H groups in total. The van der Waals surface area contributed by atoms with Gasteiger partial charge in [-0.2, -0.15) is 0 Å². The number of carboxylic acid groups (broad SMARTS) is 1. The monoisotopic (exact) mass is 305 g/mol. The Bertz CT molecular complexity index is 780. The van der Waals surface area contributed by atoms with Crippen LogP contribution in [-0.4, -0.2) is 19.5 Å². The van der Waals surface area contributed by atoms with Gasteiger partial charge < -0.3 is 5.11 Å². The molecule has 0 heterocycles. The summed E-state index contributed by atoms with van der Waals surface area (Å²) in [5.41, 5.74) is 1.44. The Hall–Kier alpha value is -2.34. The Morgan fingerprint density at radius 3 is 2.24 bits per heavy atom. The standard InChI is InChI=1S/C15H15NO4S/c1-10-6-8-12(9-7-10)21(19,20)16-13-5-3-4-11(2)14(13)15(17)18/h3-9,16H,1-2H3,(H,17,18). The van der Waals surface area contributed by atoms with E-state index in [-0.39, 0.29) is 16.1 Å². The summed E-state index contributed by atoms with van der Waals surface area (Å²) in [6.45, 7) is 3.47. The van der Waals surface area contributed by atoms with Crippen molar-refractivity contribution in [3.05, 3.63) is 59.2 Å². The number of rotatable bonds is 4. The van der Waals surface area contributed by atoms with Gasteiger partial charge in [0.15, 0.2) is 0 Å². The minimum atomic E-state index is -3.82. The molecule has 2 aromatic carbocycles. The van der Waals surface area contributed by atoms with Gasteiger partial charge in [0, 0.05) is 0 Å². The van der Waals surface area contributed by atoms with Crippen LogP contribution in [-0.2, 0) is 10.0 Å². The maximum atomic E-state index is 12.3. The van der Waals surface area contributed by atoms with Crippen LogP contribution >= 0.6 is 0 Å². The normalized spacial score (nSPS) is 11.1. The highest BCUT2D eigenvalue weighted by Gasteiger charge is 2.19. The Kier molecular flexibility index (Phi) is 3.99. The smallest absolute Gasteiger partial charge is 0.338 e. The van der Waals surface area contributed by atoms with Crippen LogP contribution in [0.1, 0.15) is 21.5 Å². The topological polar surface area (TPSA) is 83.5 Å². The molecule has 0 aliphatic rings. The van der Waals surface area contributed by atoms with E-state index in [0.717, 1.165) is 5.56 Å². The van der Waals surface area contributed by atoms with Gasteiger partial charge in [0.1, 0.15) is 0 Å². The summed E-state index contributed by atoms with van der Waals surface area (Å²) in [6.07, 6.45) is 0. The second-order valence-corrected chi connectivity index (χ2v) is 6.40. The number of carboxylic acids is 1. The van der Waals surface area contributed by atoms with E-state index in [0.29, 0.717) is 5.56 Å². The molecule has 0 saturated heterocycles. The summed E-state index contributed by atoms with van der Waals surface area (Å²) in [5.74, 6) is -1.17. The molecule has 0 unspecified atom stereocenters. The average molecular weight is 305 g/mol. The number of hydrogen-bond acceptors (Lipinski definition) is 3. The number of benzene rings is 2. The average Bonchev–Trinajstić information content (AvgIpc) is 2.38. The number of hydrogen-bond donors (Lipinski definition) is 2. The minimum Gasteiger partial charge on any atom is -0.478 e. The molecule has 21 heavy (non-hydrogen) atoms. The molecule has 0 aliphatic heterocycles. The number of nitrogens with one attached hydrogen (secondary N) is 1. The van der Waals surface area contributed by atoms with Gasteiger partial charge in [-0.15, -0.1) is 0 Å². The molecular weight excluding hydrogens is 290 g/mol. The molecule has 5 nitrogen and oxygen atoms in total. The van der Waals surface area contributed by atoms with Crippen molar-refractivity contribution >= 4 is 21.7 Å². The van der Waals surface area contributed by atoms with Crippen LogP contribution in [0.5, 0.6) is 0 Å². The van der Waals surface area contributed by atoms with Crippen molar-refractivity contribution in [2.24, 2.45) is 0 Å². The second kappa shape index (κ2) is 5.57. The van der Waals surface area contributed by atoms with Crippen LogP contribution in [0.15, 0.2) is 47.4 Å². The first-order valence-corrected chi connectivity index (χ1v) is 7.72. The van der Waals surface area contributed by atoms with Crippen LogP contribution < -0.4 is 4.72 Å². The Balaban J connectivity index is 2.44. The van der Waals surface area contributed by atoms with Gasteiger partial charge in [-0.25, -0.2) is 13.2 Å². The van der Waals surface area contributed by atoms with E-state index >= 15 is 0 Å². The van der Waals surface area contributed by atoms with Crippen LogP contribution in [0.2, 0.25) is 0 Å². The molecule has 0 atom stereocenters. The third-order valence-electron chi connectivity index (χ3n) is 3.06. The van der Waals surface area contributed by atoms with Crippen molar-refractivity contribution in [1.29, 1.82) is 0 Å². The summed E-state index contributed by atoms with van der Waals surface area (Å²) >= 11 is 0. The molecule has 0 aromatic heterocycles. The lowest BCUT2D eigenvalue weighted by Crippen LogP contribution is -2.16. The van der Waals surface area contributed by atoms with Gasteiger partial charge in [-0.1, -0.05) is 29.8 Å². The summed E-state index contributed by atoms with van der Waals surface area (Å²) in [5, 5.41) is 9.22. The van der Waals surface area contributed by atoms with Gasteiger partial charge in [0.25, 0.3) is 10.0 Å². The number of anilines is 1. The van der Waals surface area contributed by atoms with E-state index in [9.17, 15) is 18.3 Å². The molecule has 2 rings (SSSR count). The highest BCUT2D eigenvalue weighted by atomic mass is 32.2. The fraction of sp³-hybridized carbons (Fsp3) is 0.133. The fourth-order valence-corrected chi connectivity index (χ4v) is 3.03. The molecule has 0 spiro atoms. The van der Waals surface area contributed by atoms with Crippen molar-refractivity contribution < 1.29 is 18.3 Å². The third-order valence-corrected chi connectivity index (χ3v) is 4.44. The van der Waals surface area contributed by atoms with E-state index in [1.54, 1.807) is 31.2 Å². The molecule has 2 aromatic rings. The van der Waals surface area contributed by atoms with Gasteiger partial charge >= 0.3 is 5.97 Å². The molecule has 0 amide bonds. The predicted octanol–water partition coefficient (Wildman–Crippen LogP) is 2.80. The maximum Gasteiger partial charge on any atom is 0.338 e. The van der Waals surface area contributed by atoms with Crippen molar-refractivity contribution in [1.82, 2.24) is 0 Å². The van der Waals surface area contributed by atoms with Crippen LogP contribution in [0.25, 0.3) is 0 Å². The largest absolute Gasteiger partial charge is 0.478 e. The second-order valence-electron chi connectivity index (χ2n) is 4.72. The molecule has 0 bridgehead atoms. The minimum absolute atomic E-state index is 0.0480. The number of aryl methyl sites for hydroxylation is 2. The van der Waals surface area contributed by atoms with Crippen LogP contribution in [0.4, 0.5) is 5.69 Å². The van der Waals surface area contributed by atoms with E-state index in [2.05, 4.69) is 4.72 Å². The van der Waals surface area contributed by atoms with Crippen molar-refractivity contribution in [3.8, 4) is 0 Å². The van der Waals surface area contributed by atoms with Crippen molar-refractivity contribution in [3.63, 3.8) is 0 Å². The quantitative estimate of drug-likeness (QED) is 0.909. The molecule has 110 valence electrons. The number of aromatic carboxylic acids is 1. The van der Waals surface area contributed by atoms with Crippen molar-refractivity contribution in [2.45, 2.75) is 18.7 Å². The first-order chi connectivity index (χ1) is 9.81. The number of carbonyl (C=O) groups is 1. The highest BCUT2D eigenvalue weighted by Crippen LogP contribution is 2.23. The van der Waals surface area contributed by atoms with E-state index < -0.39 is 16.0 Å². The van der Waals surface area contributed by atoms with E-state index in [1.165, 1.54) is 18.2 Å². The fourth-order valence-electron chi connectivity index (χ4n) is 1.96. The molecule has 6 heteroatoms. The summed E-state index contributed by atoms with van der Waals surface area (Å²) in [4.78, 5) is 11.4. The maximum absolute atomic E-state index is 12.3. The molecule has 0 aliphatic carbocycles. The van der Waals surface area contributed by atoms with Gasteiger partial charge in [0.2, 0.25) is 0 Å². The lowest BCUT2D eigenvalue weighted by atomic mass is 10.1. The molecular formula is C15H15NO4S. The summed E-state index contributed by atoms with van der Waals surface area (Å²) < 4.78 is 26.9. The van der Waals surface area contributed by atoms with Gasteiger partial charge in [-0.05, 0) is 37.6 Å². The van der Waals surface area contributed by atoms with Gasteiger partial charge in [-0.3, -0.25) is 4.72 Å². The Morgan fingerprint density at radius 1 is 1.05 bits per heavy atom. The first kappa shape index (κ1) is 15.1. The zero-order chi connectivity index (χ0) is 15.6. The zero-order valence-corrected chi connectivity index (χ0v) is 12.4. The first-order valence-electron chi connectivity index (χ1n) is 6.23. The molecule has 0 saturated carbocycles. The Morgan fingerprint density at radius 2 is 1.67 bits per heavy atom. The molecule has 0 fully saturated rings. The van der Waals surface area contributed by atoms with Crippen LogP contribution in [0.3, 0.4) is 0 Å². The third kappa shape index (κ3) is 3.22. The summed E-state index contributed by atoms with van der Waals surface area (Å²) in [6, 6.07) is 11.0. The SMILES string of the molecule is Cc1ccc(S(=O)(=O)Nc2cccc(C)c2C(=O)O)cc1. The summed E-state index contributed by atoms with van der Waals surface area (Å²) in [7, 11) is -3.82. The van der Waals surface area contributed by atoms with E-state index in [1.807, 2.05) is 6.92 Å². The lowest BCUT2D eigenvalue weighted by molar-refractivity contribution is 0.0697.